The van der Waals surface area contributed by atoms with Gasteiger partial charge in [-0.1, -0.05) is 72.3 Å². The summed E-state index contributed by atoms with van der Waals surface area (Å²) in [6, 6.07) is 34.8. The predicted octanol–water partition coefficient (Wildman–Crippen LogP) is 9.32. The Bertz CT molecular complexity index is 1920. The van der Waals surface area contributed by atoms with Gasteiger partial charge in [-0.05, 0) is 97.5 Å². The maximum atomic E-state index is 13.7. The largest absolute Gasteiger partial charge is 0.490 e. The number of para-hydroxylation sites is 2. The molecule has 1 atom stereocenters. The smallest absolute Gasteiger partial charge is 0.305 e. The van der Waals surface area contributed by atoms with E-state index in [-0.39, 0.29) is 28.8 Å². The van der Waals surface area contributed by atoms with Crippen LogP contribution in [-0.2, 0) is 4.79 Å². The van der Waals surface area contributed by atoms with E-state index in [1.165, 1.54) is 25.0 Å². The van der Waals surface area contributed by atoms with Crippen LogP contribution >= 0.6 is 11.6 Å². The van der Waals surface area contributed by atoms with Gasteiger partial charge in [0.05, 0.1) is 29.8 Å². The molecule has 0 saturated heterocycles. The van der Waals surface area contributed by atoms with Crippen LogP contribution in [0.2, 0.25) is 5.02 Å². The number of hydrogen-bond acceptors (Lipinski definition) is 5. The molecule has 1 aliphatic carbocycles. The molecule has 2 amide bonds. The van der Waals surface area contributed by atoms with Crippen molar-refractivity contribution >= 4 is 35.1 Å². The van der Waals surface area contributed by atoms with E-state index in [0.29, 0.717) is 22.6 Å². The van der Waals surface area contributed by atoms with Gasteiger partial charge in [0.15, 0.2) is 0 Å². The number of amides is 2. The van der Waals surface area contributed by atoms with Crippen LogP contribution in [0.5, 0.6) is 17.2 Å². The number of carboxylic acid groups (broad SMARTS) is 1. The zero-order valence-electron chi connectivity index (χ0n) is 26.6. The minimum Gasteiger partial charge on any atom is -0.490 e. The molecule has 3 N–H and O–H groups in total. The van der Waals surface area contributed by atoms with Gasteiger partial charge in [0.1, 0.15) is 17.2 Å². The van der Waals surface area contributed by atoms with Crippen molar-refractivity contribution < 1.29 is 29.0 Å². The molecule has 0 aromatic heterocycles. The number of carbonyl (C=O) groups excluding carboxylic acids is 2. The van der Waals surface area contributed by atoms with Crippen LogP contribution in [0.15, 0.2) is 121 Å². The van der Waals surface area contributed by atoms with Crippen LogP contribution in [-0.4, -0.2) is 29.0 Å². The van der Waals surface area contributed by atoms with E-state index in [2.05, 4.69) is 10.6 Å². The first-order chi connectivity index (χ1) is 23.8. The highest BCUT2D eigenvalue weighted by atomic mass is 35.5. The fourth-order valence-electron chi connectivity index (χ4n) is 5.86. The number of halogens is 1. The minimum absolute atomic E-state index is 0.0925. The highest BCUT2D eigenvalue weighted by molar-refractivity contribution is 6.31. The second-order valence-electron chi connectivity index (χ2n) is 11.8. The maximum absolute atomic E-state index is 13.7. The zero-order valence-corrected chi connectivity index (χ0v) is 27.4. The number of hydrogen-bond donors (Lipinski definition) is 3. The van der Waals surface area contributed by atoms with Crippen molar-refractivity contribution in [2.45, 2.75) is 44.2 Å². The summed E-state index contributed by atoms with van der Waals surface area (Å²) >= 11 is 6.27. The van der Waals surface area contributed by atoms with Crippen LogP contribution < -0.4 is 20.1 Å². The Hall–Kier alpha value is -5.60. The van der Waals surface area contributed by atoms with Crippen molar-refractivity contribution in [1.29, 1.82) is 0 Å². The molecule has 9 heteroatoms. The van der Waals surface area contributed by atoms with E-state index in [4.69, 9.17) is 21.1 Å². The lowest BCUT2D eigenvalue weighted by molar-refractivity contribution is -0.137. The number of nitrogens with one attached hydrogen (secondary N) is 2. The fraction of sp³-hybridized carbons (Fsp3) is 0.175. The average Bonchev–Trinajstić information content (AvgIpc) is 3.63. The maximum Gasteiger partial charge on any atom is 0.305 e. The summed E-state index contributed by atoms with van der Waals surface area (Å²) in [4.78, 5) is 38.8. The molecule has 0 heterocycles. The fourth-order valence-corrected chi connectivity index (χ4v) is 6.03. The van der Waals surface area contributed by atoms with Crippen LogP contribution in [0.3, 0.4) is 0 Å². The molecule has 1 unspecified atom stereocenters. The monoisotopic (exact) mass is 674 g/mol. The summed E-state index contributed by atoms with van der Waals surface area (Å²) < 4.78 is 12.1. The molecular formula is C40H35ClN2O6. The number of benzene rings is 5. The Labute approximate surface area is 289 Å². The lowest BCUT2D eigenvalue weighted by Crippen LogP contribution is -2.31. The van der Waals surface area contributed by atoms with Gasteiger partial charge in [-0.2, -0.15) is 0 Å². The van der Waals surface area contributed by atoms with Crippen molar-refractivity contribution in [3.8, 4) is 28.4 Å². The van der Waals surface area contributed by atoms with Crippen molar-refractivity contribution in [3.63, 3.8) is 0 Å². The Morgan fingerprint density at radius 3 is 2.16 bits per heavy atom. The lowest BCUT2D eigenvalue weighted by atomic mass is 9.98. The Morgan fingerprint density at radius 2 is 1.45 bits per heavy atom. The highest BCUT2D eigenvalue weighted by Crippen LogP contribution is 2.34. The van der Waals surface area contributed by atoms with Crippen LogP contribution in [0.1, 0.15) is 64.4 Å². The number of carbonyl (C=O) groups is 3. The number of ether oxygens (including phenoxy) is 2. The van der Waals surface area contributed by atoms with E-state index in [0.717, 1.165) is 29.7 Å². The number of anilines is 1. The minimum atomic E-state index is -1.08. The molecule has 6 rings (SSSR count). The third kappa shape index (κ3) is 8.66. The molecule has 1 aliphatic rings. The van der Waals surface area contributed by atoms with Gasteiger partial charge >= 0.3 is 5.97 Å². The molecule has 248 valence electrons. The second kappa shape index (κ2) is 15.5. The molecule has 8 nitrogen and oxygen atoms in total. The third-order valence-corrected chi connectivity index (χ3v) is 8.60. The van der Waals surface area contributed by atoms with Gasteiger partial charge in [0.25, 0.3) is 11.8 Å². The van der Waals surface area contributed by atoms with Gasteiger partial charge < -0.3 is 25.2 Å². The normalized spacial score (nSPS) is 13.3. The van der Waals surface area contributed by atoms with Crippen molar-refractivity contribution in [2.75, 3.05) is 5.32 Å². The average molecular weight is 675 g/mol. The van der Waals surface area contributed by atoms with Gasteiger partial charge in [-0.25, -0.2) is 0 Å². The van der Waals surface area contributed by atoms with Gasteiger partial charge in [-0.15, -0.1) is 0 Å². The lowest BCUT2D eigenvalue weighted by Gasteiger charge is -2.20. The Kier molecular flexibility index (Phi) is 10.6. The van der Waals surface area contributed by atoms with E-state index >= 15 is 0 Å². The van der Waals surface area contributed by atoms with Crippen molar-refractivity contribution in [2.24, 2.45) is 0 Å². The number of aliphatic carboxylic acids is 1. The van der Waals surface area contributed by atoms with Crippen molar-refractivity contribution in [1.82, 2.24) is 5.32 Å². The molecule has 0 spiro atoms. The van der Waals surface area contributed by atoms with E-state index < -0.39 is 23.8 Å². The first kappa shape index (κ1) is 33.3. The van der Waals surface area contributed by atoms with Gasteiger partial charge in [0.2, 0.25) is 0 Å². The van der Waals surface area contributed by atoms with Gasteiger partial charge in [-0.3, -0.25) is 14.4 Å². The van der Waals surface area contributed by atoms with Crippen LogP contribution in [0, 0.1) is 0 Å². The molecule has 0 aliphatic heterocycles. The van der Waals surface area contributed by atoms with Crippen LogP contribution in [0.4, 0.5) is 5.69 Å². The SMILES string of the molecule is O=C(O)CC(NC(=O)c1cc(Cl)ccc1NC(=O)c1ccc(Oc2ccccc2)cc1)c1ccc(-c2ccccc2OC2CCCC2)cc1. The van der Waals surface area contributed by atoms with E-state index in [1.807, 2.05) is 66.7 Å². The zero-order chi connectivity index (χ0) is 34.2. The molecule has 5 aromatic carbocycles. The first-order valence-corrected chi connectivity index (χ1v) is 16.5. The topological polar surface area (TPSA) is 114 Å². The third-order valence-electron chi connectivity index (χ3n) is 8.36. The molecule has 0 bridgehead atoms. The molecular weight excluding hydrogens is 640 g/mol. The molecule has 1 saturated carbocycles. The highest BCUT2D eigenvalue weighted by Gasteiger charge is 2.23. The summed E-state index contributed by atoms with van der Waals surface area (Å²) in [5, 5.41) is 15.6. The summed E-state index contributed by atoms with van der Waals surface area (Å²) in [7, 11) is 0. The Morgan fingerprint density at radius 1 is 0.776 bits per heavy atom. The van der Waals surface area contributed by atoms with Crippen molar-refractivity contribution in [3.05, 3.63) is 143 Å². The Balaban J connectivity index is 1.17. The number of carboxylic acids is 1. The number of rotatable bonds is 12. The van der Waals surface area contributed by atoms with E-state index in [1.54, 1.807) is 42.5 Å². The summed E-state index contributed by atoms with van der Waals surface area (Å²) in [5.74, 6) is -0.0716. The summed E-state index contributed by atoms with van der Waals surface area (Å²) in [5.41, 5.74) is 3.13. The van der Waals surface area contributed by atoms with Gasteiger partial charge in [0, 0.05) is 16.1 Å². The predicted molar refractivity (Wildman–Crippen MR) is 190 cm³/mol. The molecule has 1 fully saturated rings. The molecule has 49 heavy (non-hydrogen) atoms. The molecule has 5 aromatic rings. The molecule has 0 radical (unpaired) electrons. The summed E-state index contributed by atoms with van der Waals surface area (Å²) in [6.07, 6.45) is 4.27. The quantitative estimate of drug-likeness (QED) is 0.122. The second-order valence-corrected chi connectivity index (χ2v) is 12.3. The van der Waals surface area contributed by atoms with E-state index in [9.17, 15) is 19.5 Å². The first-order valence-electron chi connectivity index (χ1n) is 16.1. The van der Waals surface area contributed by atoms with Crippen LogP contribution in [0.25, 0.3) is 11.1 Å². The standard InChI is InChI=1S/C40H35ClN2O6/c41-29-20-23-35(42-39(46)28-18-21-32(22-19-28)48-30-8-2-1-3-9-30)34(24-29)40(47)43-36(25-38(44)45)27-16-14-26(15-17-27)33-12-6-7-13-37(33)49-31-10-4-5-11-31/h1-3,6-9,12-24,31,36H,4-5,10-11,25H2,(H,42,46)(H,43,47)(H,44,45). The summed E-state index contributed by atoms with van der Waals surface area (Å²) in [6.45, 7) is 0.